The van der Waals surface area contributed by atoms with E-state index in [2.05, 4.69) is 4.98 Å². The number of anilines is 2. The second-order valence-electron chi connectivity index (χ2n) is 3.79. The molecule has 0 bridgehead atoms. The Hall–Kier alpha value is -1.88. The summed E-state index contributed by atoms with van der Waals surface area (Å²) in [5.74, 6) is 0.0873. The molecule has 1 aromatic heterocycles. The molecule has 0 spiro atoms. The van der Waals surface area contributed by atoms with Crippen molar-refractivity contribution >= 4 is 28.0 Å². The monoisotopic (exact) mass is 246 g/mol. The van der Waals surface area contributed by atoms with E-state index in [-0.39, 0.29) is 5.84 Å². The number of aryl methyl sites for hydroxylation is 1. The highest BCUT2D eigenvalue weighted by Gasteiger charge is 2.07. The molecular weight excluding hydrogens is 232 g/mol. The summed E-state index contributed by atoms with van der Waals surface area (Å²) in [7, 11) is 1.97. The summed E-state index contributed by atoms with van der Waals surface area (Å²) in [6, 6.07) is 7.56. The first-order chi connectivity index (χ1) is 8.08. The Bertz CT molecular complexity index is 530. The van der Waals surface area contributed by atoms with Gasteiger partial charge in [-0.05, 0) is 31.2 Å². The first kappa shape index (κ1) is 11.6. The van der Waals surface area contributed by atoms with Gasteiger partial charge in [0.1, 0.15) is 5.84 Å². The number of nitrogens with one attached hydrogen (secondary N) is 1. The number of benzene rings is 1. The van der Waals surface area contributed by atoms with Crippen LogP contribution in [-0.2, 0) is 0 Å². The molecule has 88 valence electrons. The third kappa shape index (κ3) is 2.45. The van der Waals surface area contributed by atoms with E-state index in [4.69, 9.17) is 11.1 Å². The number of hydrogen-bond donors (Lipinski definition) is 2. The SMILES string of the molecule is Cc1csc(N(C)c2ccc(C(=N)N)cc2)n1. The van der Waals surface area contributed by atoms with Crippen LogP contribution in [-0.4, -0.2) is 17.9 Å². The Morgan fingerprint density at radius 3 is 2.47 bits per heavy atom. The van der Waals surface area contributed by atoms with Crippen molar-refractivity contribution in [3.8, 4) is 0 Å². The standard InChI is InChI=1S/C12H14N4S/c1-8-7-17-12(15-8)16(2)10-5-3-9(4-6-10)11(13)14/h3-7H,1-2H3,(H3,13,14). The Labute approximate surface area is 104 Å². The van der Waals surface area contributed by atoms with E-state index in [1.807, 2.05) is 48.5 Å². The number of nitrogens with zero attached hydrogens (tertiary/aromatic N) is 2. The van der Waals surface area contributed by atoms with Crippen molar-refractivity contribution in [2.24, 2.45) is 5.73 Å². The van der Waals surface area contributed by atoms with Gasteiger partial charge in [-0.15, -0.1) is 11.3 Å². The molecule has 17 heavy (non-hydrogen) atoms. The van der Waals surface area contributed by atoms with Gasteiger partial charge in [-0.25, -0.2) is 4.98 Å². The lowest BCUT2D eigenvalue weighted by atomic mass is 10.2. The minimum Gasteiger partial charge on any atom is -0.384 e. The quantitative estimate of drug-likeness (QED) is 0.646. The van der Waals surface area contributed by atoms with Crippen molar-refractivity contribution in [1.82, 2.24) is 4.98 Å². The zero-order valence-corrected chi connectivity index (χ0v) is 10.6. The maximum atomic E-state index is 7.33. The van der Waals surface area contributed by atoms with Gasteiger partial charge in [0, 0.05) is 23.7 Å². The lowest BCUT2D eigenvalue weighted by Gasteiger charge is -2.16. The van der Waals surface area contributed by atoms with E-state index in [9.17, 15) is 0 Å². The molecule has 0 saturated carbocycles. The van der Waals surface area contributed by atoms with E-state index in [0.29, 0.717) is 0 Å². The van der Waals surface area contributed by atoms with Gasteiger partial charge >= 0.3 is 0 Å². The summed E-state index contributed by atoms with van der Waals surface area (Å²) < 4.78 is 0. The van der Waals surface area contributed by atoms with E-state index < -0.39 is 0 Å². The van der Waals surface area contributed by atoms with Crippen LogP contribution in [0.2, 0.25) is 0 Å². The Kier molecular flexibility index (Phi) is 3.10. The van der Waals surface area contributed by atoms with Crippen LogP contribution in [0.1, 0.15) is 11.3 Å². The molecule has 0 saturated heterocycles. The molecule has 0 radical (unpaired) electrons. The minimum absolute atomic E-state index is 0.0873. The van der Waals surface area contributed by atoms with E-state index in [0.717, 1.165) is 22.1 Å². The van der Waals surface area contributed by atoms with Gasteiger partial charge in [0.15, 0.2) is 5.13 Å². The van der Waals surface area contributed by atoms with Crippen molar-refractivity contribution in [3.05, 3.63) is 40.9 Å². The predicted molar refractivity (Wildman–Crippen MR) is 72.4 cm³/mol. The first-order valence-electron chi connectivity index (χ1n) is 5.18. The molecule has 0 atom stereocenters. The average Bonchev–Trinajstić information content (AvgIpc) is 2.75. The van der Waals surface area contributed by atoms with Crippen molar-refractivity contribution in [2.45, 2.75) is 6.92 Å². The predicted octanol–water partition coefficient (Wildman–Crippen LogP) is 2.50. The molecule has 0 aliphatic rings. The van der Waals surface area contributed by atoms with E-state index >= 15 is 0 Å². The van der Waals surface area contributed by atoms with Crippen molar-refractivity contribution in [1.29, 1.82) is 5.41 Å². The highest BCUT2D eigenvalue weighted by Crippen LogP contribution is 2.26. The molecule has 0 aliphatic heterocycles. The summed E-state index contributed by atoms with van der Waals surface area (Å²) in [6.07, 6.45) is 0. The second kappa shape index (κ2) is 4.55. The van der Waals surface area contributed by atoms with Crippen LogP contribution in [0, 0.1) is 12.3 Å². The summed E-state index contributed by atoms with van der Waals surface area (Å²) in [6.45, 7) is 1.98. The second-order valence-corrected chi connectivity index (χ2v) is 4.63. The fourth-order valence-electron chi connectivity index (χ4n) is 1.47. The zero-order chi connectivity index (χ0) is 12.4. The maximum Gasteiger partial charge on any atom is 0.189 e. The van der Waals surface area contributed by atoms with Crippen molar-refractivity contribution < 1.29 is 0 Å². The van der Waals surface area contributed by atoms with E-state index in [1.54, 1.807) is 11.3 Å². The van der Waals surface area contributed by atoms with Crippen LogP contribution in [0.5, 0.6) is 0 Å². The zero-order valence-electron chi connectivity index (χ0n) is 9.77. The molecule has 1 aromatic carbocycles. The van der Waals surface area contributed by atoms with Crippen molar-refractivity contribution in [2.75, 3.05) is 11.9 Å². The lowest BCUT2D eigenvalue weighted by Crippen LogP contribution is -2.12. The molecule has 1 heterocycles. The largest absolute Gasteiger partial charge is 0.384 e. The fourth-order valence-corrected chi connectivity index (χ4v) is 2.26. The van der Waals surface area contributed by atoms with Gasteiger partial charge in [-0.3, -0.25) is 5.41 Å². The molecular formula is C12H14N4S. The molecule has 0 aliphatic carbocycles. The number of rotatable bonds is 3. The van der Waals surface area contributed by atoms with Gasteiger partial charge in [0.2, 0.25) is 0 Å². The number of nitrogens with two attached hydrogens (primary N) is 1. The third-order valence-electron chi connectivity index (χ3n) is 2.46. The summed E-state index contributed by atoms with van der Waals surface area (Å²) >= 11 is 1.61. The number of nitrogen functional groups attached to an aromatic ring is 1. The van der Waals surface area contributed by atoms with Crippen LogP contribution in [0.3, 0.4) is 0 Å². The smallest absolute Gasteiger partial charge is 0.189 e. The van der Waals surface area contributed by atoms with Gasteiger partial charge < -0.3 is 10.6 Å². The molecule has 5 heteroatoms. The highest BCUT2D eigenvalue weighted by molar-refractivity contribution is 7.13. The molecule has 3 N–H and O–H groups in total. The molecule has 2 aromatic rings. The molecule has 0 unspecified atom stereocenters. The first-order valence-corrected chi connectivity index (χ1v) is 6.06. The van der Waals surface area contributed by atoms with Gasteiger partial charge in [-0.1, -0.05) is 0 Å². The van der Waals surface area contributed by atoms with Crippen LogP contribution in [0.4, 0.5) is 10.8 Å². The average molecular weight is 246 g/mol. The fraction of sp³-hybridized carbons (Fsp3) is 0.167. The van der Waals surface area contributed by atoms with Gasteiger partial charge in [-0.2, -0.15) is 0 Å². The maximum absolute atomic E-state index is 7.33. The van der Waals surface area contributed by atoms with Gasteiger partial charge in [0.25, 0.3) is 0 Å². The van der Waals surface area contributed by atoms with Crippen molar-refractivity contribution in [3.63, 3.8) is 0 Å². The van der Waals surface area contributed by atoms with E-state index in [1.165, 1.54) is 0 Å². The van der Waals surface area contributed by atoms with Crippen LogP contribution >= 0.6 is 11.3 Å². The number of aromatic nitrogens is 1. The van der Waals surface area contributed by atoms with Crippen LogP contribution in [0.15, 0.2) is 29.6 Å². The Morgan fingerprint density at radius 1 is 1.35 bits per heavy atom. The molecule has 4 nitrogen and oxygen atoms in total. The Balaban J connectivity index is 2.25. The summed E-state index contributed by atoms with van der Waals surface area (Å²) in [5.41, 5.74) is 8.20. The molecule has 0 amide bonds. The van der Waals surface area contributed by atoms with Crippen LogP contribution in [0.25, 0.3) is 0 Å². The van der Waals surface area contributed by atoms with Crippen LogP contribution < -0.4 is 10.6 Å². The van der Waals surface area contributed by atoms with Gasteiger partial charge in [0.05, 0.1) is 5.69 Å². The highest BCUT2D eigenvalue weighted by atomic mass is 32.1. The normalized spacial score (nSPS) is 10.2. The number of thiazole rings is 1. The summed E-state index contributed by atoms with van der Waals surface area (Å²) in [5, 5.41) is 10.3. The third-order valence-corrected chi connectivity index (χ3v) is 3.49. The molecule has 0 fully saturated rings. The Morgan fingerprint density at radius 2 is 2.00 bits per heavy atom. The number of hydrogen-bond acceptors (Lipinski definition) is 4. The minimum atomic E-state index is 0.0873. The summed E-state index contributed by atoms with van der Waals surface area (Å²) in [4.78, 5) is 6.44. The molecule has 2 rings (SSSR count). The lowest BCUT2D eigenvalue weighted by molar-refractivity contribution is 1.14. The number of amidine groups is 1. The topological polar surface area (TPSA) is 66.0 Å².